The van der Waals surface area contributed by atoms with E-state index in [1.807, 2.05) is 13.8 Å². The summed E-state index contributed by atoms with van der Waals surface area (Å²) in [6, 6.07) is 0. The second-order valence-corrected chi connectivity index (χ2v) is 6.49. The summed E-state index contributed by atoms with van der Waals surface area (Å²) in [5.74, 6) is 1.79. The van der Waals surface area contributed by atoms with Gasteiger partial charge in [-0.1, -0.05) is 25.2 Å². The number of nitrogens with one attached hydrogen (secondary N) is 2. The van der Waals surface area contributed by atoms with E-state index in [2.05, 4.69) is 10.2 Å². The van der Waals surface area contributed by atoms with Crippen LogP contribution in [0.3, 0.4) is 0 Å². The molecule has 0 aliphatic rings. The predicted octanol–water partition coefficient (Wildman–Crippen LogP) is 2.42. The smallest absolute Gasteiger partial charge is 0.203 e. The summed E-state index contributed by atoms with van der Waals surface area (Å²) in [5, 5.41) is 24.1. The van der Waals surface area contributed by atoms with Crippen LogP contribution in [0.5, 0.6) is 0 Å². The van der Waals surface area contributed by atoms with Crippen molar-refractivity contribution < 1.29 is 0 Å². The van der Waals surface area contributed by atoms with E-state index < -0.39 is 0 Å². The molecule has 6 nitrogen and oxygen atoms in total. The van der Waals surface area contributed by atoms with Crippen molar-refractivity contribution in [1.82, 2.24) is 10.2 Å². The average molecular weight is 321 g/mol. The summed E-state index contributed by atoms with van der Waals surface area (Å²) >= 11 is 4.16. The van der Waals surface area contributed by atoms with Crippen LogP contribution in [0.2, 0.25) is 0 Å². The molecule has 1 aromatic heterocycles. The summed E-state index contributed by atoms with van der Waals surface area (Å²) in [7, 11) is 0. The average Bonchev–Trinajstić information content (AvgIpc) is 2.76. The SMILES string of the molecule is CC.N=C(N)SC(=N)CCSCCc1nnc(N)s1. The number of anilines is 1. The zero-order chi connectivity index (χ0) is 14.7. The predicted molar refractivity (Wildman–Crippen MR) is 88.5 cm³/mol. The van der Waals surface area contributed by atoms with Crippen LogP contribution >= 0.6 is 34.9 Å². The van der Waals surface area contributed by atoms with Gasteiger partial charge in [-0.15, -0.1) is 10.2 Å². The minimum atomic E-state index is -0.0238. The first-order chi connectivity index (χ1) is 9.08. The summed E-state index contributed by atoms with van der Waals surface area (Å²) in [4.78, 5) is 0. The van der Waals surface area contributed by atoms with Crippen molar-refractivity contribution >= 4 is 50.2 Å². The number of nitrogens with zero attached hydrogens (tertiary/aromatic N) is 2. The molecular weight excluding hydrogens is 300 g/mol. The Kier molecular flexibility index (Phi) is 10.6. The van der Waals surface area contributed by atoms with Crippen molar-refractivity contribution in [2.75, 3.05) is 17.2 Å². The van der Waals surface area contributed by atoms with E-state index in [4.69, 9.17) is 22.3 Å². The van der Waals surface area contributed by atoms with Gasteiger partial charge >= 0.3 is 0 Å². The van der Waals surface area contributed by atoms with E-state index in [1.54, 1.807) is 11.8 Å². The molecule has 1 aromatic rings. The quantitative estimate of drug-likeness (QED) is 0.362. The molecule has 1 heterocycles. The topological polar surface area (TPSA) is 126 Å². The van der Waals surface area contributed by atoms with Gasteiger partial charge in [0.05, 0.1) is 5.04 Å². The van der Waals surface area contributed by atoms with Crippen LogP contribution in [-0.4, -0.2) is 31.9 Å². The van der Waals surface area contributed by atoms with Crippen LogP contribution < -0.4 is 11.5 Å². The maximum atomic E-state index is 7.51. The maximum Gasteiger partial charge on any atom is 0.203 e. The first-order valence-electron chi connectivity index (χ1n) is 5.83. The maximum absolute atomic E-state index is 7.51. The van der Waals surface area contributed by atoms with E-state index in [0.717, 1.165) is 34.7 Å². The van der Waals surface area contributed by atoms with Gasteiger partial charge in [0.25, 0.3) is 0 Å². The molecule has 0 unspecified atom stereocenters. The molecule has 1 rings (SSSR count). The van der Waals surface area contributed by atoms with Crippen LogP contribution in [0.25, 0.3) is 0 Å². The standard InChI is InChI=1S/C8H14N6S3.C2H6/c9-5(16-7(10)11)1-3-15-4-2-6-13-14-8(12)17-6;1-2/h9H,1-4H2,(H3,10,11)(H2,12,14);1-2H3. The summed E-state index contributed by atoms with van der Waals surface area (Å²) < 4.78 is 0. The highest BCUT2D eigenvalue weighted by Gasteiger charge is 2.03. The third kappa shape index (κ3) is 9.74. The van der Waals surface area contributed by atoms with Crippen molar-refractivity contribution in [3.05, 3.63) is 5.01 Å². The van der Waals surface area contributed by atoms with Gasteiger partial charge in [0, 0.05) is 12.8 Å². The van der Waals surface area contributed by atoms with Crippen LogP contribution in [0.4, 0.5) is 5.13 Å². The molecular formula is C10H20N6S3. The number of aryl methyl sites for hydroxylation is 1. The fourth-order valence-corrected chi connectivity index (χ4v) is 3.20. The fourth-order valence-electron chi connectivity index (χ4n) is 0.978. The number of amidine groups is 1. The lowest BCUT2D eigenvalue weighted by molar-refractivity contribution is 0.993. The Morgan fingerprint density at radius 1 is 1.26 bits per heavy atom. The Hall–Kier alpha value is -0.800. The van der Waals surface area contributed by atoms with E-state index in [9.17, 15) is 0 Å². The molecule has 0 amide bonds. The highest BCUT2D eigenvalue weighted by molar-refractivity contribution is 8.26. The third-order valence-corrected chi connectivity index (χ3v) is 4.12. The van der Waals surface area contributed by atoms with Gasteiger partial charge in [-0.3, -0.25) is 10.8 Å². The van der Waals surface area contributed by atoms with Gasteiger partial charge in [-0.25, -0.2) is 0 Å². The van der Waals surface area contributed by atoms with Gasteiger partial charge in [0.1, 0.15) is 5.01 Å². The molecule has 0 fully saturated rings. The van der Waals surface area contributed by atoms with Gasteiger partial charge in [0.2, 0.25) is 5.13 Å². The van der Waals surface area contributed by atoms with E-state index in [0.29, 0.717) is 16.6 Å². The molecule has 6 N–H and O–H groups in total. The van der Waals surface area contributed by atoms with Crippen molar-refractivity contribution in [1.29, 1.82) is 10.8 Å². The zero-order valence-electron chi connectivity index (χ0n) is 11.1. The van der Waals surface area contributed by atoms with Crippen LogP contribution in [0.1, 0.15) is 25.3 Å². The second-order valence-electron chi connectivity index (χ2n) is 3.04. The van der Waals surface area contributed by atoms with E-state index in [1.165, 1.54) is 11.3 Å². The van der Waals surface area contributed by atoms with Gasteiger partial charge in [-0.05, 0) is 23.3 Å². The molecule has 0 saturated heterocycles. The molecule has 108 valence electrons. The summed E-state index contributed by atoms with van der Waals surface area (Å²) in [5.41, 5.74) is 10.6. The number of hydrogen-bond acceptors (Lipinski definition) is 8. The minimum absolute atomic E-state index is 0.0238. The van der Waals surface area contributed by atoms with Crippen LogP contribution in [0, 0.1) is 10.8 Å². The first-order valence-corrected chi connectivity index (χ1v) is 8.61. The van der Waals surface area contributed by atoms with Crippen molar-refractivity contribution in [3.8, 4) is 0 Å². The third-order valence-electron chi connectivity index (χ3n) is 1.65. The highest BCUT2D eigenvalue weighted by atomic mass is 32.2. The Bertz CT molecular complexity index is 392. The second kappa shape index (κ2) is 11.1. The lowest BCUT2D eigenvalue weighted by atomic mass is 10.5. The molecule has 19 heavy (non-hydrogen) atoms. The molecule has 0 aliphatic carbocycles. The fraction of sp³-hybridized carbons (Fsp3) is 0.600. The van der Waals surface area contributed by atoms with Crippen LogP contribution in [0.15, 0.2) is 0 Å². The summed E-state index contributed by atoms with van der Waals surface area (Å²) in [6.07, 6.45) is 1.50. The number of aromatic nitrogens is 2. The summed E-state index contributed by atoms with van der Waals surface area (Å²) in [6.45, 7) is 4.00. The molecule has 0 radical (unpaired) electrons. The minimum Gasteiger partial charge on any atom is -0.378 e. The van der Waals surface area contributed by atoms with Crippen molar-refractivity contribution in [2.24, 2.45) is 5.73 Å². The molecule has 0 aliphatic heterocycles. The van der Waals surface area contributed by atoms with Gasteiger partial charge < -0.3 is 11.5 Å². The molecule has 0 saturated carbocycles. The van der Waals surface area contributed by atoms with Gasteiger partial charge in [0.15, 0.2) is 5.17 Å². The Morgan fingerprint density at radius 2 is 1.95 bits per heavy atom. The number of thioether (sulfide) groups is 2. The Balaban J connectivity index is 0.00000154. The van der Waals surface area contributed by atoms with Crippen LogP contribution in [-0.2, 0) is 6.42 Å². The Morgan fingerprint density at radius 3 is 2.47 bits per heavy atom. The zero-order valence-corrected chi connectivity index (χ0v) is 13.6. The van der Waals surface area contributed by atoms with Gasteiger partial charge in [-0.2, -0.15) is 11.8 Å². The monoisotopic (exact) mass is 320 g/mol. The largest absolute Gasteiger partial charge is 0.378 e. The lowest BCUT2D eigenvalue weighted by Crippen LogP contribution is -2.08. The number of nitrogen functional groups attached to an aromatic ring is 1. The number of rotatable bonds is 6. The molecule has 0 bridgehead atoms. The number of hydrogen-bond donors (Lipinski definition) is 4. The molecule has 0 aromatic carbocycles. The van der Waals surface area contributed by atoms with E-state index >= 15 is 0 Å². The van der Waals surface area contributed by atoms with Crippen molar-refractivity contribution in [2.45, 2.75) is 26.7 Å². The Labute approximate surface area is 126 Å². The molecule has 0 spiro atoms. The molecule has 0 atom stereocenters. The normalized spacial score (nSPS) is 9.58. The van der Waals surface area contributed by atoms with Crippen molar-refractivity contribution in [3.63, 3.8) is 0 Å². The lowest BCUT2D eigenvalue weighted by Gasteiger charge is -2.01. The highest BCUT2D eigenvalue weighted by Crippen LogP contribution is 2.15. The first kappa shape index (κ1) is 18.2. The number of nitrogens with two attached hydrogens (primary N) is 2. The molecule has 9 heteroatoms. The van der Waals surface area contributed by atoms with E-state index in [-0.39, 0.29) is 5.17 Å².